The molecular formula is C23H29N5O. The summed E-state index contributed by atoms with van der Waals surface area (Å²) in [5.41, 5.74) is 4.26. The third-order valence-electron chi connectivity index (χ3n) is 4.98. The third kappa shape index (κ3) is 5.67. The average Bonchev–Trinajstić information content (AvgIpc) is 3.24. The lowest BCUT2D eigenvalue weighted by Crippen LogP contribution is -2.36. The summed E-state index contributed by atoms with van der Waals surface area (Å²) in [4.78, 5) is 8.71. The molecule has 1 aromatic carbocycles. The Bertz CT molecular complexity index is 916. The molecule has 152 valence electrons. The minimum absolute atomic E-state index is 0.455. The van der Waals surface area contributed by atoms with Crippen molar-refractivity contribution in [1.82, 2.24) is 20.8 Å². The molecule has 0 saturated heterocycles. The van der Waals surface area contributed by atoms with Crippen molar-refractivity contribution in [2.75, 3.05) is 7.05 Å². The Labute approximate surface area is 172 Å². The van der Waals surface area contributed by atoms with Gasteiger partial charge in [-0.1, -0.05) is 43.3 Å². The molecule has 29 heavy (non-hydrogen) atoms. The molecule has 0 aliphatic rings. The number of hydrogen-bond donors (Lipinski definition) is 2. The maximum Gasteiger partial charge on any atom is 0.191 e. The molecule has 0 unspecified atom stereocenters. The summed E-state index contributed by atoms with van der Waals surface area (Å²) in [7, 11) is 1.76. The Hall–Kier alpha value is -3.15. The molecule has 2 N–H and O–H groups in total. The molecule has 0 aliphatic heterocycles. The predicted molar refractivity (Wildman–Crippen MR) is 117 cm³/mol. The predicted octanol–water partition coefficient (Wildman–Crippen LogP) is 4.51. The van der Waals surface area contributed by atoms with Crippen molar-refractivity contribution in [3.8, 4) is 11.3 Å². The van der Waals surface area contributed by atoms with Gasteiger partial charge >= 0.3 is 0 Å². The molecule has 3 rings (SSSR count). The molecule has 0 fully saturated rings. The van der Waals surface area contributed by atoms with Crippen molar-refractivity contribution in [3.05, 3.63) is 71.7 Å². The Kier molecular flexibility index (Phi) is 7.39. The summed E-state index contributed by atoms with van der Waals surface area (Å²) < 4.78 is 5.47. The van der Waals surface area contributed by atoms with Gasteiger partial charge in [-0.3, -0.25) is 9.98 Å². The summed E-state index contributed by atoms with van der Waals surface area (Å²) in [5.74, 6) is 1.98. The van der Waals surface area contributed by atoms with E-state index in [9.17, 15) is 0 Å². The fraction of sp³-hybridized carbons (Fsp3) is 0.348. The van der Waals surface area contributed by atoms with Gasteiger partial charge in [0.25, 0.3) is 0 Å². The van der Waals surface area contributed by atoms with E-state index in [1.54, 1.807) is 7.05 Å². The number of aliphatic imine (C=N–C) groups is 1. The SMILES string of the molecule is CCC(CC)c1cc(CNC(=NC)NCc2cccc(-c3ccccn3)c2)on1. The lowest BCUT2D eigenvalue weighted by atomic mass is 9.99. The Balaban J connectivity index is 1.55. The van der Waals surface area contributed by atoms with Crippen LogP contribution in [0.15, 0.2) is 64.2 Å². The van der Waals surface area contributed by atoms with E-state index >= 15 is 0 Å². The average molecular weight is 392 g/mol. The highest BCUT2D eigenvalue weighted by atomic mass is 16.5. The normalized spacial score (nSPS) is 11.7. The van der Waals surface area contributed by atoms with Crippen LogP contribution in [0.3, 0.4) is 0 Å². The number of nitrogens with zero attached hydrogens (tertiary/aromatic N) is 3. The molecule has 2 heterocycles. The zero-order valence-corrected chi connectivity index (χ0v) is 17.4. The Morgan fingerprint density at radius 2 is 1.86 bits per heavy atom. The van der Waals surface area contributed by atoms with Crippen LogP contribution in [0.2, 0.25) is 0 Å². The second-order valence-corrected chi connectivity index (χ2v) is 6.93. The first-order chi connectivity index (χ1) is 14.2. The van der Waals surface area contributed by atoms with Crippen LogP contribution >= 0.6 is 0 Å². The van der Waals surface area contributed by atoms with Gasteiger partial charge in [0, 0.05) is 37.3 Å². The highest BCUT2D eigenvalue weighted by molar-refractivity contribution is 5.79. The largest absolute Gasteiger partial charge is 0.359 e. The number of nitrogens with one attached hydrogen (secondary N) is 2. The van der Waals surface area contributed by atoms with Crippen LogP contribution in [0.5, 0.6) is 0 Å². The number of hydrogen-bond acceptors (Lipinski definition) is 4. The van der Waals surface area contributed by atoms with Crippen LogP contribution in [0.4, 0.5) is 0 Å². The van der Waals surface area contributed by atoms with Crippen molar-refractivity contribution in [2.24, 2.45) is 4.99 Å². The molecule has 0 aliphatic carbocycles. The van der Waals surface area contributed by atoms with Crippen molar-refractivity contribution >= 4 is 5.96 Å². The van der Waals surface area contributed by atoms with Gasteiger partial charge in [-0.15, -0.1) is 0 Å². The number of aromatic nitrogens is 2. The van der Waals surface area contributed by atoms with E-state index in [-0.39, 0.29) is 0 Å². The topological polar surface area (TPSA) is 75.3 Å². The van der Waals surface area contributed by atoms with Crippen LogP contribution in [0.1, 0.15) is 49.6 Å². The number of pyridine rings is 1. The second-order valence-electron chi connectivity index (χ2n) is 6.93. The first-order valence-corrected chi connectivity index (χ1v) is 10.1. The van der Waals surface area contributed by atoms with Crippen LogP contribution in [-0.4, -0.2) is 23.1 Å². The molecule has 0 amide bonds. The molecule has 3 aromatic rings. The minimum Gasteiger partial charge on any atom is -0.359 e. The molecule has 6 heteroatoms. The van der Waals surface area contributed by atoms with Crippen LogP contribution < -0.4 is 10.6 Å². The first kappa shape index (κ1) is 20.6. The van der Waals surface area contributed by atoms with Crippen molar-refractivity contribution in [2.45, 2.75) is 45.7 Å². The maximum absolute atomic E-state index is 5.47. The summed E-state index contributed by atoms with van der Waals surface area (Å²) in [6, 6.07) is 16.3. The van der Waals surface area contributed by atoms with Gasteiger partial charge < -0.3 is 15.2 Å². The summed E-state index contributed by atoms with van der Waals surface area (Å²) >= 11 is 0. The van der Waals surface area contributed by atoms with Gasteiger partial charge in [0.2, 0.25) is 0 Å². The van der Waals surface area contributed by atoms with Gasteiger partial charge in [0.05, 0.1) is 17.9 Å². The zero-order valence-electron chi connectivity index (χ0n) is 17.4. The Morgan fingerprint density at radius 1 is 1.03 bits per heavy atom. The Morgan fingerprint density at radius 3 is 2.59 bits per heavy atom. The molecule has 0 spiro atoms. The van der Waals surface area contributed by atoms with Crippen molar-refractivity contribution in [1.29, 1.82) is 0 Å². The number of benzene rings is 1. The summed E-state index contributed by atoms with van der Waals surface area (Å²) in [6.07, 6.45) is 3.94. The summed E-state index contributed by atoms with van der Waals surface area (Å²) in [6.45, 7) is 5.56. The van der Waals surface area contributed by atoms with E-state index in [4.69, 9.17) is 4.52 Å². The first-order valence-electron chi connectivity index (χ1n) is 10.1. The standard InChI is InChI=1S/C23H29N5O/c1-4-18(5-2)22-14-20(29-28-22)16-27-23(24-3)26-15-17-9-8-10-19(13-17)21-11-6-7-12-25-21/h6-14,18H,4-5,15-16H2,1-3H3,(H2,24,26,27). The van der Waals surface area contributed by atoms with Crippen LogP contribution in [0, 0.1) is 0 Å². The zero-order chi connectivity index (χ0) is 20.5. The highest BCUT2D eigenvalue weighted by Crippen LogP contribution is 2.22. The van der Waals surface area contributed by atoms with Crippen LogP contribution in [0.25, 0.3) is 11.3 Å². The van der Waals surface area contributed by atoms with E-state index in [1.165, 1.54) is 0 Å². The number of guanidine groups is 1. The van der Waals surface area contributed by atoms with Gasteiger partial charge in [-0.2, -0.15) is 0 Å². The van der Waals surface area contributed by atoms with Gasteiger partial charge in [0.1, 0.15) is 0 Å². The lowest BCUT2D eigenvalue weighted by Gasteiger charge is -2.11. The molecule has 0 radical (unpaired) electrons. The van der Waals surface area contributed by atoms with Gasteiger partial charge in [0.15, 0.2) is 11.7 Å². The van der Waals surface area contributed by atoms with Gasteiger partial charge in [-0.25, -0.2) is 0 Å². The van der Waals surface area contributed by atoms with Crippen LogP contribution in [-0.2, 0) is 13.1 Å². The molecule has 0 atom stereocenters. The number of rotatable bonds is 8. The van der Waals surface area contributed by atoms with E-state index in [2.05, 4.69) is 57.8 Å². The minimum atomic E-state index is 0.455. The monoisotopic (exact) mass is 391 g/mol. The smallest absolute Gasteiger partial charge is 0.191 e. The maximum atomic E-state index is 5.47. The third-order valence-corrected chi connectivity index (χ3v) is 4.98. The van der Waals surface area contributed by atoms with E-state index < -0.39 is 0 Å². The lowest BCUT2D eigenvalue weighted by molar-refractivity contribution is 0.368. The fourth-order valence-electron chi connectivity index (χ4n) is 3.26. The van der Waals surface area contributed by atoms with Crippen molar-refractivity contribution < 1.29 is 4.52 Å². The molecule has 6 nitrogen and oxygen atoms in total. The van der Waals surface area contributed by atoms with E-state index in [1.807, 2.05) is 36.5 Å². The molecule has 0 saturated carbocycles. The van der Waals surface area contributed by atoms with E-state index in [0.717, 1.165) is 41.1 Å². The van der Waals surface area contributed by atoms with Crippen molar-refractivity contribution in [3.63, 3.8) is 0 Å². The van der Waals surface area contributed by atoms with Gasteiger partial charge in [-0.05, 0) is 36.6 Å². The quantitative estimate of drug-likeness (QED) is 0.437. The van der Waals surface area contributed by atoms with E-state index in [0.29, 0.717) is 25.0 Å². The fourth-order valence-corrected chi connectivity index (χ4v) is 3.26. The molecule has 0 bridgehead atoms. The summed E-state index contributed by atoms with van der Waals surface area (Å²) in [5, 5.41) is 10.8. The second kappa shape index (κ2) is 10.4. The molecule has 2 aromatic heterocycles. The highest BCUT2D eigenvalue weighted by Gasteiger charge is 2.13. The molecular weight excluding hydrogens is 362 g/mol.